The maximum Gasteiger partial charge on any atom is 0.260 e. The number of fused-ring (bicyclic) bond motifs is 1. The van der Waals surface area contributed by atoms with Gasteiger partial charge >= 0.3 is 0 Å². The van der Waals surface area contributed by atoms with Gasteiger partial charge < -0.3 is 4.98 Å². The molecule has 3 heterocycles. The summed E-state index contributed by atoms with van der Waals surface area (Å²) in [6.07, 6.45) is 1.39. The highest BCUT2D eigenvalue weighted by atomic mass is 32.1. The molecule has 6 nitrogen and oxygen atoms in total. The normalized spacial score (nSPS) is 11.2. The van der Waals surface area contributed by atoms with Crippen LogP contribution < -0.4 is 5.56 Å². The number of rotatable bonds is 2. The van der Waals surface area contributed by atoms with E-state index in [2.05, 4.69) is 25.1 Å². The average Bonchev–Trinajstić information content (AvgIpc) is 3.15. The molecule has 0 fully saturated rings. The molecule has 0 aliphatic carbocycles. The SMILES string of the molecule is Cc1ccc(-c2c(C)sc3nc(-c4ncn[nH]4)[nH]c(=O)c23)cc1. The summed E-state index contributed by atoms with van der Waals surface area (Å²) in [6, 6.07) is 8.16. The third-order valence-electron chi connectivity index (χ3n) is 3.72. The first-order valence-electron chi connectivity index (χ1n) is 7.09. The molecule has 4 rings (SSSR count). The van der Waals surface area contributed by atoms with Gasteiger partial charge in [0.1, 0.15) is 11.2 Å². The van der Waals surface area contributed by atoms with Crippen LogP contribution in [0, 0.1) is 13.8 Å². The van der Waals surface area contributed by atoms with E-state index in [1.807, 2.05) is 38.1 Å². The molecule has 0 saturated heterocycles. The summed E-state index contributed by atoms with van der Waals surface area (Å²) < 4.78 is 0. The van der Waals surface area contributed by atoms with E-state index in [0.717, 1.165) is 16.0 Å². The minimum atomic E-state index is -0.165. The number of nitrogens with zero attached hydrogens (tertiary/aromatic N) is 3. The first kappa shape index (κ1) is 13.8. The first-order chi connectivity index (χ1) is 11.1. The number of hydrogen-bond acceptors (Lipinski definition) is 5. The molecule has 4 aromatic rings. The zero-order valence-electron chi connectivity index (χ0n) is 12.5. The zero-order valence-corrected chi connectivity index (χ0v) is 13.4. The Bertz CT molecular complexity index is 1040. The van der Waals surface area contributed by atoms with Crippen LogP contribution in [-0.2, 0) is 0 Å². The van der Waals surface area contributed by atoms with Crippen molar-refractivity contribution in [3.8, 4) is 22.8 Å². The van der Waals surface area contributed by atoms with Crippen molar-refractivity contribution in [1.29, 1.82) is 0 Å². The van der Waals surface area contributed by atoms with Gasteiger partial charge in [0.15, 0.2) is 11.6 Å². The minimum Gasteiger partial charge on any atom is -0.303 e. The largest absolute Gasteiger partial charge is 0.303 e. The number of thiophene rings is 1. The Kier molecular flexibility index (Phi) is 3.09. The number of aromatic amines is 2. The van der Waals surface area contributed by atoms with E-state index >= 15 is 0 Å². The van der Waals surface area contributed by atoms with E-state index in [4.69, 9.17) is 0 Å². The van der Waals surface area contributed by atoms with Crippen LogP contribution in [0.15, 0.2) is 35.4 Å². The van der Waals surface area contributed by atoms with Gasteiger partial charge in [-0.1, -0.05) is 29.8 Å². The fourth-order valence-electron chi connectivity index (χ4n) is 2.62. The van der Waals surface area contributed by atoms with E-state index in [1.165, 1.54) is 23.2 Å². The van der Waals surface area contributed by atoms with Gasteiger partial charge in [0, 0.05) is 10.4 Å². The predicted molar refractivity (Wildman–Crippen MR) is 90.5 cm³/mol. The molecule has 23 heavy (non-hydrogen) atoms. The third kappa shape index (κ3) is 2.25. The topological polar surface area (TPSA) is 87.3 Å². The lowest BCUT2D eigenvalue weighted by molar-refractivity contribution is 1.06. The molecule has 0 atom stereocenters. The zero-order chi connectivity index (χ0) is 16.0. The Labute approximate surface area is 135 Å². The van der Waals surface area contributed by atoms with Gasteiger partial charge in [-0.3, -0.25) is 9.89 Å². The fraction of sp³-hybridized carbons (Fsp3) is 0.125. The second kappa shape index (κ2) is 5.13. The summed E-state index contributed by atoms with van der Waals surface area (Å²) in [5.74, 6) is 0.851. The minimum absolute atomic E-state index is 0.165. The first-order valence-corrected chi connectivity index (χ1v) is 7.91. The highest BCUT2D eigenvalue weighted by molar-refractivity contribution is 7.19. The molecule has 0 aliphatic rings. The molecule has 114 valence electrons. The third-order valence-corrected chi connectivity index (χ3v) is 4.72. The van der Waals surface area contributed by atoms with Crippen molar-refractivity contribution in [2.75, 3.05) is 0 Å². The summed E-state index contributed by atoms with van der Waals surface area (Å²) in [5, 5.41) is 7.13. The quantitative estimate of drug-likeness (QED) is 0.593. The monoisotopic (exact) mass is 323 g/mol. The summed E-state index contributed by atoms with van der Waals surface area (Å²) in [4.78, 5) is 25.7. The molecule has 2 N–H and O–H groups in total. The number of benzene rings is 1. The van der Waals surface area contributed by atoms with Gasteiger partial charge in [-0.25, -0.2) is 9.97 Å². The van der Waals surface area contributed by atoms with Crippen LogP contribution in [0.3, 0.4) is 0 Å². The summed E-state index contributed by atoms with van der Waals surface area (Å²) in [7, 11) is 0. The fourth-order valence-corrected chi connectivity index (χ4v) is 3.66. The van der Waals surface area contributed by atoms with Gasteiger partial charge in [0.05, 0.1) is 5.39 Å². The predicted octanol–water partition coefficient (Wildman–Crippen LogP) is 3.05. The van der Waals surface area contributed by atoms with Gasteiger partial charge in [-0.05, 0) is 19.4 Å². The molecule has 0 unspecified atom stereocenters. The molecule has 0 bridgehead atoms. The molecule has 1 aromatic carbocycles. The van der Waals surface area contributed by atoms with Crippen LogP contribution in [0.4, 0.5) is 0 Å². The standard InChI is InChI=1S/C16H13N5OS/c1-8-3-5-10(6-4-8)11-9(2)23-16-12(11)15(22)19-14(20-16)13-17-7-18-21-13/h3-7H,1-2H3,(H,17,18,21)(H,19,20,22). The number of H-pyrrole nitrogens is 2. The Hall–Kier alpha value is -2.80. The molecule has 3 aromatic heterocycles. The smallest absolute Gasteiger partial charge is 0.260 e. The highest BCUT2D eigenvalue weighted by Crippen LogP contribution is 2.35. The Morgan fingerprint density at radius 3 is 2.57 bits per heavy atom. The van der Waals surface area contributed by atoms with E-state index in [-0.39, 0.29) is 5.56 Å². The average molecular weight is 323 g/mol. The second-order valence-corrected chi connectivity index (χ2v) is 6.53. The van der Waals surface area contributed by atoms with Gasteiger partial charge in [-0.2, -0.15) is 5.10 Å². The van der Waals surface area contributed by atoms with Gasteiger partial charge in [-0.15, -0.1) is 11.3 Å². The molecule has 7 heteroatoms. The van der Waals surface area contributed by atoms with Crippen molar-refractivity contribution in [2.45, 2.75) is 13.8 Å². The molecular weight excluding hydrogens is 310 g/mol. The van der Waals surface area contributed by atoms with Crippen LogP contribution >= 0.6 is 11.3 Å². The van der Waals surface area contributed by atoms with Crippen molar-refractivity contribution in [3.63, 3.8) is 0 Å². The van der Waals surface area contributed by atoms with Gasteiger partial charge in [0.2, 0.25) is 0 Å². The van der Waals surface area contributed by atoms with Crippen LogP contribution in [0.25, 0.3) is 33.0 Å². The van der Waals surface area contributed by atoms with Crippen molar-refractivity contribution < 1.29 is 0 Å². The molecular formula is C16H13N5OS. The van der Waals surface area contributed by atoms with Crippen LogP contribution in [-0.4, -0.2) is 25.1 Å². The molecule has 0 aliphatic heterocycles. The van der Waals surface area contributed by atoms with Crippen molar-refractivity contribution >= 4 is 21.6 Å². The summed E-state index contributed by atoms with van der Waals surface area (Å²) in [6.45, 7) is 4.05. The van der Waals surface area contributed by atoms with E-state index in [1.54, 1.807) is 0 Å². The molecule has 0 radical (unpaired) electrons. The lowest BCUT2D eigenvalue weighted by atomic mass is 10.0. The van der Waals surface area contributed by atoms with Crippen molar-refractivity contribution in [1.82, 2.24) is 25.1 Å². The van der Waals surface area contributed by atoms with Crippen LogP contribution in [0.5, 0.6) is 0 Å². The number of aromatic nitrogens is 5. The Morgan fingerprint density at radius 2 is 1.87 bits per heavy atom. The van der Waals surface area contributed by atoms with E-state index in [9.17, 15) is 4.79 Å². The van der Waals surface area contributed by atoms with Crippen LogP contribution in [0.1, 0.15) is 10.4 Å². The molecule has 0 spiro atoms. The lowest BCUT2D eigenvalue weighted by Crippen LogP contribution is -2.09. The van der Waals surface area contributed by atoms with Crippen molar-refractivity contribution in [2.24, 2.45) is 0 Å². The maximum atomic E-state index is 12.6. The summed E-state index contributed by atoms with van der Waals surface area (Å²) >= 11 is 1.51. The van der Waals surface area contributed by atoms with E-state index in [0.29, 0.717) is 21.9 Å². The number of aryl methyl sites for hydroxylation is 2. The number of hydrogen-bond donors (Lipinski definition) is 2. The summed E-state index contributed by atoms with van der Waals surface area (Å²) in [5.41, 5.74) is 2.99. The van der Waals surface area contributed by atoms with Gasteiger partial charge in [0.25, 0.3) is 5.56 Å². The van der Waals surface area contributed by atoms with Crippen LogP contribution in [0.2, 0.25) is 0 Å². The maximum absolute atomic E-state index is 12.6. The molecule has 0 saturated carbocycles. The Morgan fingerprint density at radius 1 is 1.09 bits per heavy atom. The lowest BCUT2D eigenvalue weighted by Gasteiger charge is -2.02. The van der Waals surface area contributed by atoms with E-state index < -0.39 is 0 Å². The Balaban J connectivity index is 1.98. The van der Waals surface area contributed by atoms with Crippen molar-refractivity contribution in [3.05, 3.63) is 51.4 Å². The second-order valence-electron chi connectivity index (χ2n) is 5.33. The molecule has 0 amide bonds. The number of nitrogens with one attached hydrogen (secondary N) is 2. The highest BCUT2D eigenvalue weighted by Gasteiger charge is 2.17.